The number of hydrogen-bond acceptors (Lipinski definition) is 7. The van der Waals surface area contributed by atoms with Gasteiger partial charge in [-0.05, 0) is 150 Å². The van der Waals surface area contributed by atoms with E-state index in [2.05, 4.69) is 146 Å². The minimum absolute atomic E-state index is 0. The Balaban J connectivity index is 0.000000224. The first-order valence-corrected chi connectivity index (χ1v) is 37.9. The number of carboxylic acids is 1. The van der Waals surface area contributed by atoms with Crippen molar-refractivity contribution in [3.8, 4) is 23.7 Å². The van der Waals surface area contributed by atoms with Gasteiger partial charge in [0.25, 0.3) is 0 Å². The molecule has 356 valence electrons. The Morgan fingerprint density at radius 3 is 1.74 bits per heavy atom. The summed E-state index contributed by atoms with van der Waals surface area (Å²) in [6, 6.07) is 4.23. The molecule has 8 nitrogen and oxygen atoms in total. The van der Waals surface area contributed by atoms with Crippen molar-refractivity contribution in [3.05, 3.63) is 55.9 Å². The molecule has 2 spiro atoms. The number of hydrogen-bond donors (Lipinski definition) is 1. The quantitative estimate of drug-likeness (QED) is 0.128. The Labute approximate surface area is 435 Å². The number of carbonyl (C=O) groups is 3. The molecule has 2 amide bonds. The summed E-state index contributed by atoms with van der Waals surface area (Å²) in [6.45, 7) is 16.3. The molecule has 2 atom stereocenters. The Morgan fingerprint density at radius 1 is 0.769 bits per heavy atom. The Morgan fingerprint density at radius 2 is 1.28 bits per heavy atom. The van der Waals surface area contributed by atoms with Gasteiger partial charge in [-0.15, -0.1) is 22.7 Å². The third-order valence-electron chi connectivity index (χ3n) is 12.8. The molecule has 0 unspecified atom stereocenters. The van der Waals surface area contributed by atoms with E-state index in [-0.39, 0.29) is 69.1 Å². The molecular weight excluding hydrogens is 1230 g/mol. The first-order chi connectivity index (χ1) is 30.2. The van der Waals surface area contributed by atoms with Gasteiger partial charge in [0.05, 0.1) is 45.5 Å². The van der Waals surface area contributed by atoms with Crippen LogP contribution in [0, 0.1) is 46.3 Å². The normalized spacial score (nSPS) is 26.6. The zero-order valence-corrected chi connectivity index (χ0v) is 47.9. The van der Waals surface area contributed by atoms with Crippen molar-refractivity contribution in [2.45, 2.75) is 169 Å². The number of allylic oxidation sites excluding steroid dienone is 4. The van der Waals surface area contributed by atoms with Crippen LogP contribution in [0.4, 0.5) is 11.4 Å². The minimum atomic E-state index is -0.996. The molecule has 0 radical (unpaired) electrons. The van der Waals surface area contributed by atoms with E-state index in [1.165, 1.54) is 16.9 Å². The number of carbonyl (C=O) groups excluding carboxylic acids is 2. The average Bonchev–Trinajstić information content (AvgIpc) is 4.07. The van der Waals surface area contributed by atoms with Crippen LogP contribution in [0.25, 0.3) is 0 Å². The van der Waals surface area contributed by atoms with Crippen molar-refractivity contribution in [3.63, 3.8) is 0 Å². The van der Waals surface area contributed by atoms with E-state index in [1.807, 2.05) is 31.7 Å². The molecule has 8 rings (SSSR count). The van der Waals surface area contributed by atoms with Crippen LogP contribution in [-0.2, 0) is 24.0 Å². The van der Waals surface area contributed by atoms with Crippen LogP contribution in [0.15, 0.2) is 41.3 Å². The molecule has 2 aromatic heterocycles. The number of ether oxygens (including phenoxy) is 2. The van der Waals surface area contributed by atoms with Gasteiger partial charge < -0.3 is 24.4 Å². The van der Waals surface area contributed by atoms with Crippen LogP contribution < -0.4 is 9.80 Å². The van der Waals surface area contributed by atoms with E-state index in [9.17, 15) is 19.5 Å². The van der Waals surface area contributed by atoms with E-state index in [0.717, 1.165) is 114 Å². The summed E-state index contributed by atoms with van der Waals surface area (Å²) in [6.07, 6.45) is 19.6. The van der Waals surface area contributed by atoms with Gasteiger partial charge in [-0.2, -0.15) is 0 Å². The fourth-order valence-electron chi connectivity index (χ4n) is 8.96. The van der Waals surface area contributed by atoms with Crippen LogP contribution in [0.5, 0.6) is 0 Å². The first-order valence-electron chi connectivity index (χ1n) is 22.7. The van der Waals surface area contributed by atoms with Gasteiger partial charge >= 0.3 is 70.8 Å². The summed E-state index contributed by atoms with van der Waals surface area (Å²) in [5.74, 6) is 12.3. The van der Waals surface area contributed by atoms with Gasteiger partial charge in [0.2, 0.25) is 11.8 Å². The van der Waals surface area contributed by atoms with Gasteiger partial charge in [0, 0.05) is 40.1 Å². The van der Waals surface area contributed by atoms with E-state index in [4.69, 9.17) is 9.47 Å². The van der Waals surface area contributed by atoms with Crippen LogP contribution in [0.2, 0.25) is 0 Å². The Kier molecular flexibility index (Phi) is 20.2. The molecule has 2 saturated carbocycles. The third-order valence-corrected chi connectivity index (χ3v) is 14.7. The number of nitrogens with zero attached hydrogens (tertiary/aromatic N) is 2. The summed E-state index contributed by atoms with van der Waals surface area (Å²) in [5.41, 5.74) is 2.86. The molecule has 4 fully saturated rings. The van der Waals surface area contributed by atoms with E-state index < -0.39 is 5.97 Å². The monoisotopic (exact) mass is 1300 g/mol. The zero-order valence-electron chi connectivity index (χ0n) is 38.4. The zero-order chi connectivity index (χ0) is 46.5. The molecule has 4 heterocycles. The van der Waals surface area contributed by atoms with Crippen LogP contribution in [-0.4, -0.2) is 59.4 Å². The first kappa shape index (κ1) is 55.0. The van der Waals surface area contributed by atoms with Crippen molar-refractivity contribution >= 4 is 112 Å². The topological polar surface area (TPSA) is 103 Å². The molecule has 6 aliphatic rings. The molecular formula is C51H68I3N2O6S2V. The summed E-state index contributed by atoms with van der Waals surface area (Å²) < 4.78 is 11.4. The molecule has 2 aromatic rings. The summed E-state index contributed by atoms with van der Waals surface area (Å²) in [5, 5.41) is 12.1. The van der Waals surface area contributed by atoms with Crippen molar-refractivity contribution in [1.82, 2.24) is 0 Å². The molecule has 0 aromatic carbocycles. The van der Waals surface area contributed by atoms with Crippen molar-refractivity contribution in [2.75, 3.05) is 23.0 Å². The van der Waals surface area contributed by atoms with Gasteiger partial charge in [0.1, 0.15) is 4.88 Å². The van der Waals surface area contributed by atoms with E-state index >= 15 is 0 Å². The predicted octanol–water partition coefficient (Wildman–Crippen LogP) is 14.5. The molecule has 2 saturated heterocycles. The van der Waals surface area contributed by atoms with Gasteiger partial charge in [-0.3, -0.25) is 9.59 Å². The fraction of sp³-hybridized carbons (Fsp3) is 0.627. The number of rotatable bonds is 7. The second kappa shape index (κ2) is 23.8. The van der Waals surface area contributed by atoms with Crippen molar-refractivity contribution < 1.29 is 33.9 Å². The van der Waals surface area contributed by atoms with E-state index in [0.29, 0.717) is 16.5 Å². The number of amides is 2. The van der Waals surface area contributed by atoms with Crippen molar-refractivity contribution in [1.29, 1.82) is 0 Å². The SMILES string of the molecule is C.CC(C)(C)C#Cc1cc(N(C(=O)[C@H]2CC=CCC2)C2CCC3(CC2)CO3)cs1.CC1=CC[C@H](C(=O)N(c2cc(C#CC(C)(C)C)sc2C(=O)O)C2CCC3(CC2)CO3)CC1.[I][V]([I])[I]. The number of halogens is 3. The molecule has 1 N–H and O–H groups in total. The molecule has 2 aliphatic heterocycles. The summed E-state index contributed by atoms with van der Waals surface area (Å²) >= 11 is 10.2. The molecule has 65 heavy (non-hydrogen) atoms. The van der Waals surface area contributed by atoms with Crippen molar-refractivity contribution in [2.24, 2.45) is 22.7 Å². The van der Waals surface area contributed by atoms with Gasteiger partial charge in [-0.25, -0.2) is 4.79 Å². The summed E-state index contributed by atoms with van der Waals surface area (Å²) in [7, 11) is 0. The number of carboxylic acid groups (broad SMARTS) is 1. The second-order valence-corrected chi connectivity index (χ2v) is 57.6. The maximum atomic E-state index is 13.8. The standard InChI is InChI=1S/C26H33NO4S.C24H31NO2S.CH4.3HI.V/c1-17-5-7-18(8-6-17)23(28)27(19-9-13-26(14-10-19)16-31-26)21-15-20(11-12-25(2,3)4)32-22(21)24(29)30;1-23(2,3)12-11-21-15-20(16-28-21)25(22(26)18-7-5-4-6-8-18)19-9-13-24(14-10-19)17-27-24;;;;;/h5,15,18-19H,6-10,13-14,16H2,1-4H3,(H,29,30);4-5,15-16,18-19H,6-10,13-14,17H2,1-3H3;1H4;3*1H;/q;;;;;;+3/p-3/t18-,19?,26?;18-,19?,24?;;;;;/m00...../s1. The predicted molar refractivity (Wildman–Crippen MR) is 291 cm³/mol. The average molecular weight is 1300 g/mol. The number of thiophene rings is 2. The number of anilines is 2. The molecule has 0 bridgehead atoms. The van der Waals surface area contributed by atoms with Gasteiger partial charge in [0.15, 0.2) is 0 Å². The van der Waals surface area contributed by atoms with Crippen LogP contribution in [0.3, 0.4) is 0 Å². The molecule has 4 aliphatic carbocycles. The van der Waals surface area contributed by atoms with Gasteiger partial charge in [-0.1, -0.05) is 54.9 Å². The van der Waals surface area contributed by atoms with E-state index in [1.54, 1.807) is 11.3 Å². The number of aromatic carboxylic acids is 1. The third kappa shape index (κ3) is 16.3. The fourth-order valence-corrected chi connectivity index (χ4v) is 10.5. The van der Waals surface area contributed by atoms with Crippen LogP contribution >= 0.6 is 82.6 Å². The maximum absolute atomic E-state index is 13.8. The van der Waals surface area contributed by atoms with Crippen LogP contribution in [0.1, 0.15) is 165 Å². The second-order valence-electron chi connectivity index (χ2n) is 20.3. The summed E-state index contributed by atoms with van der Waals surface area (Å²) in [4.78, 5) is 45.2. The Bertz CT molecular complexity index is 2170. The Hall–Kier alpha value is -0.896. The molecule has 14 heteroatoms. The number of epoxide rings is 2.